The van der Waals surface area contributed by atoms with Crippen LogP contribution in [0.1, 0.15) is 40.7 Å². The predicted octanol–water partition coefficient (Wildman–Crippen LogP) is 6.36. The number of oxazole rings is 1. The highest BCUT2D eigenvalue weighted by atomic mass is 31.2. The number of hydrogen-bond donors (Lipinski definition) is 4. The zero-order chi connectivity index (χ0) is 39.1. The molecule has 0 aliphatic carbocycles. The van der Waals surface area contributed by atoms with Crippen LogP contribution in [-0.4, -0.2) is 77.9 Å². The summed E-state index contributed by atoms with van der Waals surface area (Å²) in [5, 5.41) is 24.7. The van der Waals surface area contributed by atoms with Gasteiger partial charge >= 0.3 is 13.8 Å². The number of aliphatic hydroxyl groups excluding tert-OH is 1. The van der Waals surface area contributed by atoms with E-state index in [0.29, 0.717) is 61.0 Å². The summed E-state index contributed by atoms with van der Waals surface area (Å²) in [5.74, 6) is -0.648. The van der Waals surface area contributed by atoms with Crippen LogP contribution >= 0.6 is 7.82 Å². The van der Waals surface area contributed by atoms with Crippen LogP contribution in [0.4, 0.5) is 11.5 Å². The van der Waals surface area contributed by atoms with E-state index < -0.39 is 19.7 Å². The molecular formula is C41H40N7O7P. The van der Waals surface area contributed by atoms with E-state index >= 15 is 0 Å². The van der Waals surface area contributed by atoms with Gasteiger partial charge in [-0.2, -0.15) is 5.26 Å². The van der Waals surface area contributed by atoms with Gasteiger partial charge in [0.2, 0.25) is 5.89 Å². The summed E-state index contributed by atoms with van der Waals surface area (Å²) in [5.41, 5.74) is 9.04. The normalized spacial score (nSPS) is 17.8. The predicted molar refractivity (Wildman–Crippen MR) is 209 cm³/mol. The number of nitrogens with zero attached hydrogens (tertiary/aromatic N) is 6. The number of phosphoric acid groups is 1. The SMILES string of the molecule is Cc1c(Nc2nccc3cc(CN4CC[C@@H](O)C4)cnc23)cc(-c2ccccc2)c(C)c1-c1nc2cc(CN3CC[C@@H](C(=O)OP(=O)(O)O)C3)cc(C#N)c2o1. The van der Waals surface area contributed by atoms with Crippen molar-refractivity contribution in [1.29, 1.82) is 5.26 Å². The van der Waals surface area contributed by atoms with E-state index in [9.17, 15) is 19.7 Å². The first-order valence-electron chi connectivity index (χ1n) is 18.4. The highest BCUT2D eigenvalue weighted by molar-refractivity contribution is 7.46. The molecule has 2 aliphatic rings. The number of nitriles is 1. The van der Waals surface area contributed by atoms with Crippen LogP contribution in [0.2, 0.25) is 0 Å². The Bertz CT molecular complexity index is 2570. The van der Waals surface area contributed by atoms with Crippen LogP contribution in [0.25, 0.3) is 44.6 Å². The number of fused-ring (bicyclic) bond motifs is 2. The Labute approximate surface area is 322 Å². The first-order valence-corrected chi connectivity index (χ1v) is 19.9. The van der Waals surface area contributed by atoms with Gasteiger partial charge in [-0.05, 0) is 96.9 Å². The van der Waals surface area contributed by atoms with Gasteiger partial charge in [0.1, 0.15) is 17.1 Å². The summed E-state index contributed by atoms with van der Waals surface area (Å²) in [6.45, 7) is 7.40. The van der Waals surface area contributed by atoms with Crippen LogP contribution in [0.5, 0.6) is 0 Å². The molecule has 0 amide bonds. The Balaban J connectivity index is 1.14. The zero-order valence-electron chi connectivity index (χ0n) is 30.8. The molecule has 5 heterocycles. The molecule has 0 bridgehead atoms. The molecule has 0 saturated carbocycles. The molecule has 0 radical (unpaired) electrons. The fraction of sp³-hybridized carbons (Fsp3) is 0.293. The van der Waals surface area contributed by atoms with Gasteiger partial charge in [0, 0.05) is 61.8 Å². The van der Waals surface area contributed by atoms with Crippen LogP contribution in [0.15, 0.2) is 77.5 Å². The summed E-state index contributed by atoms with van der Waals surface area (Å²) < 4.78 is 21.9. The Morgan fingerprint density at radius 2 is 1.77 bits per heavy atom. The number of benzene rings is 3. The number of hydrogen-bond acceptors (Lipinski definition) is 12. The molecule has 3 aromatic carbocycles. The average molecular weight is 774 g/mol. The number of rotatable bonds is 10. The van der Waals surface area contributed by atoms with Gasteiger partial charge in [0.15, 0.2) is 11.4 Å². The standard InChI is InChI=1S/C41H40N7O7P/c1-24-33(28-6-4-3-5-7-28)17-34(45-39-37-29(8-11-43-39)15-27(19-44-37)21-48-13-10-32(49)23-48)25(2)36(24)40-46-35-16-26(14-31(18-42)38(35)54-40)20-47-12-9-30(22-47)41(50)55-56(51,52)53/h3-8,11,14-17,19,30,32,49H,9-10,12-13,20-23H2,1-2H3,(H,43,45)(H2,51,52,53)/t30-,32-/m1/s1. The number of phosphoric ester groups is 1. The summed E-state index contributed by atoms with van der Waals surface area (Å²) >= 11 is 0. The van der Waals surface area contributed by atoms with E-state index in [1.807, 2.05) is 67.4 Å². The van der Waals surface area contributed by atoms with Gasteiger partial charge in [0.05, 0.1) is 17.6 Å². The van der Waals surface area contributed by atoms with Crippen LogP contribution in [-0.2, 0) is 27.0 Å². The van der Waals surface area contributed by atoms with E-state index in [0.717, 1.165) is 68.5 Å². The molecule has 6 aromatic rings. The number of likely N-dealkylation sites (tertiary alicyclic amines) is 2. The Kier molecular flexibility index (Phi) is 10.2. The second-order valence-corrected chi connectivity index (χ2v) is 15.7. The van der Waals surface area contributed by atoms with Crippen LogP contribution < -0.4 is 5.32 Å². The lowest BCUT2D eigenvalue weighted by atomic mass is 9.91. The van der Waals surface area contributed by atoms with Crippen molar-refractivity contribution in [2.24, 2.45) is 5.92 Å². The second kappa shape index (κ2) is 15.2. The number of aliphatic hydroxyl groups is 1. The first-order chi connectivity index (χ1) is 26.9. The molecule has 2 saturated heterocycles. The number of carbonyl (C=O) groups is 1. The minimum Gasteiger partial charge on any atom is -0.435 e. The monoisotopic (exact) mass is 773 g/mol. The van der Waals surface area contributed by atoms with Crippen LogP contribution in [0.3, 0.4) is 0 Å². The first kappa shape index (κ1) is 37.4. The smallest absolute Gasteiger partial charge is 0.435 e. The van der Waals surface area contributed by atoms with E-state index in [-0.39, 0.29) is 12.6 Å². The van der Waals surface area contributed by atoms with E-state index in [4.69, 9.17) is 29.2 Å². The number of anilines is 2. The summed E-state index contributed by atoms with van der Waals surface area (Å²) in [4.78, 5) is 49.1. The largest absolute Gasteiger partial charge is 0.526 e. The molecule has 2 atom stereocenters. The Morgan fingerprint density at radius 3 is 2.52 bits per heavy atom. The molecule has 15 heteroatoms. The maximum absolute atomic E-state index is 12.3. The molecule has 56 heavy (non-hydrogen) atoms. The third-order valence-corrected chi connectivity index (χ3v) is 11.0. The van der Waals surface area contributed by atoms with Crippen LogP contribution in [0, 0.1) is 31.1 Å². The maximum Gasteiger partial charge on any atom is 0.526 e. The molecule has 14 nitrogen and oxygen atoms in total. The molecule has 4 N–H and O–H groups in total. The zero-order valence-corrected chi connectivity index (χ0v) is 31.7. The topological polar surface area (TPSA) is 198 Å². The molecule has 0 unspecified atom stereocenters. The van der Waals surface area contributed by atoms with E-state index in [2.05, 4.69) is 32.9 Å². The number of β-amino-alcohol motifs (C(OH)–C–C–N with tert-alkyl or cyclic N) is 1. The Morgan fingerprint density at radius 1 is 1.00 bits per heavy atom. The van der Waals surface area contributed by atoms with Gasteiger partial charge in [-0.15, -0.1) is 0 Å². The fourth-order valence-corrected chi connectivity index (χ4v) is 8.28. The second-order valence-electron chi connectivity index (χ2n) is 14.6. The lowest BCUT2D eigenvalue weighted by molar-refractivity contribution is -0.139. The van der Waals surface area contributed by atoms with Crippen molar-refractivity contribution in [3.8, 4) is 28.7 Å². The molecule has 286 valence electrons. The number of carbonyl (C=O) groups excluding carboxylic acids is 1. The van der Waals surface area contributed by atoms with E-state index in [1.54, 1.807) is 12.3 Å². The molecule has 8 rings (SSSR count). The van der Waals surface area contributed by atoms with Crippen molar-refractivity contribution >= 4 is 47.3 Å². The minimum absolute atomic E-state index is 0.259. The van der Waals surface area contributed by atoms with Crippen molar-refractivity contribution in [3.05, 3.63) is 101 Å². The van der Waals surface area contributed by atoms with Gasteiger partial charge in [-0.25, -0.2) is 14.5 Å². The molecule has 2 fully saturated rings. The van der Waals surface area contributed by atoms with Gasteiger partial charge in [0.25, 0.3) is 0 Å². The third-order valence-electron chi connectivity index (χ3n) is 10.6. The molecule has 0 spiro atoms. The quantitative estimate of drug-likeness (QED) is 0.112. The lowest BCUT2D eigenvalue weighted by Gasteiger charge is -2.19. The molecular weight excluding hydrogens is 733 g/mol. The van der Waals surface area contributed by atoms with Gasteiger partial charge in [-0.3, -0.25) is 29.4 Å². The number of aromatic nitrogens is 3. The summed E-state index contributed by atoms with van der Waals surface area (Å²) in [6.07, 6.45) is 4.51. The van der Waals surface area contributed by atoms with Crippen molar-refractivity contribution in [2.45, 2.75) is 45.9 Å². The van der Waals surface area contributed by atoms with Gasteiger partial charge in [-0.1, -0.05) is 30.3 Å². The number of pyridine rings is 2. The average Bonchev–Trinajstić information content (AvgIpc) is 3.92. The Hall–Kier alpha value is -5.52. The molecule has 2 aliphatic heterocycles. The highest BCUT2D eigenvalue weighted by Crippen LogP contribution is 2.42. The minimum atomic E-state index is -4.93. The van der Waals surface area contributed by atoms with Crippen molar-refractivity contribution < 1.29 is 33.2 Å². The maximum atomic E-state index is 12.3. The van der Waals surface area contributed by atoms with Crippen molar-refractivity contribution in [3.63, 3.8) is 0 Å². The molecule has 3 aromatic heterocycles. The summed E-state index contributed by atoms with van der Waals surface area (Å²) in [7, 11) is -4.93. The van der Waals surface area contributed by atoms with Crippen molar-refractivity contribution in [2.75, 3.05) is 31.5 Å². The highest BCUT2D eigenvalue weighted by Gasteiger charge is 2.34. The van der Waals surface area contributed by atoms with Gasteiger partial charge < -0.3 is 19.4 Å². The van der Waals surface area contributed by atoms with E-state index in [1.165, 1.54) is 0 Å². The fourth-order valence-electron chi connectivity index (χ4n) is 7.90. The number of nitrogens with one attached hydrogen (secondary N) is 1. The summed E-state index contributed by atoms with van der Waals surface area (Å²) in [6, 6.07) is 22.0. The third kappa shape index (κ3) is 7.79. The van der Waals surface area contributed by atoms with Crippen molar-refractivity contribution in [1.82, 2.24) is 24.8 Å². The lowest BCUT2D eigenvalue weighted by Crippen LogP contribution is -2.23.